The Kier molecular flexibility index (Phi) is 4.54. The van der Waals surface area contributed by atoms with Crippen molar-refractivity contribution in [2.24, 2.45) is 4.99 Å². The van der Waals surface area contributed by atoms with Crippen molar-refractivity contribution in [2.75, 3.05) is 13.1 Å². The van der Waals surface area contributed by atoms with Crippen LogP contribution in [0.25, 0.3) is 0 Å². The van der Waals surface area contributed by atoms with E-state index in [0.717, 1.165) is 35.6 Å². The second-order valence-corrected chi connectivity index (χ2v) is 5.82. The Bertz CT molecular complexity index is 725. The van der Waals surface area contributed by atoms with Crippen molar-refractivity contribution in [3.05, 3.63) is 70.2 Å². The topological polar surface area (TPSA) is 41.5 Å². The summed E-state index contributed by atoms with van der Waals surface area (Å²) in [7, 11) is 0. The monoisotopic (exact) mass is 312 g/mol. The Morgan fingerprint density at radius 2 is 1.82 bits per heavy atom. The highest BCUT2D eigenvalue weighted by atomic mass is 35.5. The van der Waals surface area contributed by atoms with E-state index in [1.54, 1.807) is 0 Å². The minimum Gasteiger partial charge on any atom is -0.368 e. The van der Waals surface area contributed by atoms with Gasteiger partial charge in [-0.05, 0) is 29.3 Å². The average molecular weight is 313 g/mol. The van der Waals surface area contributed by atoms with Crippen LogP contribution in [0.2, 0.25) is 5.02 Å². The standard InChI is InChI=1S/C18H17ClN2O/c19-16-6-2-4-14(10-16)12-17(22)11-13-3-1-5-15(9-13)18-20-7-8-21-18/h1-6,9-10H,7-8,11-12H2,(H,20,21). The molecule has 2 aromatic carbocycles. The molecule has 0 fully saturated rings. The maximum absolute atomic E-state index is 12.2. The molecule has 0 bridgehead atoms. The molecule has 0 aliphatic carbocycles. The fourth-order valence-corrected chi connectivity index (χ4v) is 2.80. The number of carbonyl (C=O) groups excluding carboxylic acids is 1. The van der Waals surface area contributed by atoms with Crippen molar-refractivity contribution in [1.29, 1.82) is 0 Å². The minimum atomic E-state index is 0.181. The molecule has 22 heavy (non-hydrogen) atoms. The minimum absolute atomic E-state index is 0.181. The van der Waals surface area contributed by atoms with Crippen molar-refractivity contribution < 1.29 is 4.79 Å². The summed E-state index contributed by atoms with van der Waals surface area (Å²) in [6.45, 7) is 1.69. The van der Waals surface area contributed by atoms with Gasteiger partial charge in [-0.15, -0.1) is 0 Å². The van der Waals surface area contributed by atoms with Crippen LogP contribution >= 0.6 is 11.6 Å². The number of nitrogens with one attached hydrogen (secondary N) is 1. The lowest BCUT2D eigenvalue weighted by Gasteiger charge is -2.06. The molecule has 1 aliphatic rings. The summed E-state index contributed by atoms with van der Waals surface area (Å²) in [5.74, 6) is 1.10. The maximum atomic E-state index is 12.2. The van der Waals surface area contributed by atoms with E-state index in [1.807, 2.05) is 48.5 Å². The van der Waals surface area contributed by atoms with Gasteiger partial charge in [-0.2, -0.15) is 0 Å². The lowest BCUT2D eigenvalue weighted by Crippen LogP contribution is -2.19. The number of hydrogen-bond donors (Lipinski definition) is 1. The third kappa shape index (κ3) is 3.74. The lowest BCUT2D eigenvalue weighted by molar-refractivity contribution is -0.117. The van der Waals surface area contributed by atoms with Crippen LogP contribution in [0.1, 0.15) is 16.7 Å². The maximum Gasteiger partial charge on any atom is 0.141 e. The molecular weight excluding hydrogens is 296 g/mol. The van der Waals surface area contributed by atoms with Crippen molar-refractivity contribution in [1.82, 2.24) is 5.32 Å². The number of benzene rings is 2. The van der Waals surface area contributed by atoms with Gasteiger partial charge in [0.15, 0.2) is 0 Å². The molecule has 0 saturated carbocycles. The summed E-state index contributed by atoms with van der Waals surface area (Å²) >= 11 is 5.95. The molecule has 3 rings (SSSR count). The Balaban J connectivity index is 1.67. The van der Waals surface area contributed by atoms with Gasteiger partial charge in [0.1, 0.15) is 11.6 Å². The van der Waals surface area contributed by atoms with Gasteiger partial charge in [-0.1, -0.05) is 41.9 Å². The zero-order valence-corrected chi connectivity index (χ0v) is 12.9. The number of aliphatic imine (C=N–C) groups is 1. The van der Waals surface area contributed by atoms with E-state index in [4.69, 9.17) is 11.6 Å². The van der Waals surface area contributed by atoms with Gasteiger partial charge in [-0.25, -0.2) is 0 Å². The van der Waals surface area contributed by atoms with E-state index < -0.39 is 0 Å². The summed E-state index contributed by atoms with van der Waals surface area (Å²) in [6.07, 6.45) is 0.831. The molecule has 0 aromatic heterocycles. The Morgan fingerprint density at radius 3 is 2.50 bits per heavy atom. The summed E-state index contributed by atoms with van der Waals surface area (Å²) < 4.78 is 0. The normalized spacial score (nSPS) is 13.6. The van der Waals surface area contributed by atoms with E-state index in [0.29, 0.717) is 17.9 Å². The Labute approximate surface area is 135 Å². The van der Waals surface area contributed by atoms with Crippen LogP contribution < -0.4 is 5.32 Å². The van der Waals surface area contributed by atoms with Gasteiger partial charge in [0.05, 0.1) is 6.54 Å². The van der Waals surface area contributed by atoms with Crippen molar-refractivity contribution in [3.8, 4) is 0 Å². The smallest absolute Gasteiger partial charge is 0.141 e. The van der Waals surface area contributed by atoms with Crippen LogP contribution in [-0.2, 0) is 17.6 Å². The molecule has 2 aromatic rings. The first kappa shape index (κ1) is 14.8. The van der Waals surface area contributed by atoms with Gasteiger partial charge < -0.3 is 5.32 Å². The predicted octanol–water partition coefficient (Wildman–Crippen LogP) is 3.04. The van der Waals surface area contributed by atoms with Gasteiger partial charge in [0.25, 0.3) is 0 Å². The molecule has 0 saturated heterocycles. The van der Waals surface area contributed by atoms with E-state index in [-0.39, 0.29) is 5.78 Å². The van der Waals surface area contributed by atoms with Gasteiger partial charge in [0.2, 0.25) is 0 Å². The fraction of sp³-hybridized carbons (Fsp3) is 0.222. The van der Waals surface area contributed by atoms with E-state index in [2.05, 4.69) is 10.3 Å². The molecule has 3 nitrogen and oxygen atoms in total. The van der Waals surface area contributed by atoms with E-state index in [9.17, 15) is 4.79 Å². The number of nitrogens with zero attached hydrogens (tertiary/aromatic N) is 1. The van der Waals surface area contributed by atoms with Crippen LogP contribution in [0.4, 0.5) is 0 Å². The zero-order valence-electron chi connectivity index (χ0n) is 12.2. The third-order valence-corrected chi connectivity index (χ3v) is 3.80. The highest BCUT2D eigenvalue weighted by Gasteiger charge is 2.10. The summed E-state index contributed by atoms with van der Waals surface area (Å²) in [4.78, 5) is 16.6. The quantitative estimate of drug-likeness (QED) is 0.922. The number of Topliss-reactive ketones (excluding diaryl/α,β-unsaturated/α-hetero) is 1. The van der Waals surface area contributed by atoms with Crippen LogP contribution in [0.15, 0.2) is 53.5 Å². The second-order valence-electron chi connectivity index (χ2n) is 5.38. The molecule has 112 valence electrons. The molecule has 4 heteroatoms. The number of hydrogen-bond acceptors (Lipinski definition) is 3. The molecule has 1 aliphatic heterocycles. The molecular formula is C18H17ClN2O. The Hall–Kier alpha value is -2.13. The highest BCUT2D eigenvalue weighted by molar-refractivity contribution is 6.30. The first-order chi connectivity index (χ1) is 10.7. The number of amidine groups is 1. The third-order valence-electron chi connectivity index (χ3n) is 3.57. The largest absolute Gasteiger partial charge is 0.368 e. The van der Waals surface area contributed by atoms with Gasteiger partial charge in [-0.3, -0.25) is 9.79 Å². The van der Waals surface area contributed by atoms with E-state index >= 15 is 0 Å². The highest BCUT2D eigenvalue weighted by Crippen LogP contribution is 2.13. The molecule has 1 heterocycles. The summed E-state index contributed by atoms with van der Waals surface area (Å²) in [5, 5.41) is 3.91. The van der Waals surface area contributed by atoms with Crippen LogP contribution in [0.5, 0.6) is 0 Å². The number of halogens is 1. The Morgan fingerprint density at radius 1 is 1.09 bits per heavy atom. The van der Waals surface area contributed by atoms with Crippen LogP contribution in [0.3, 0.4) is 0 Å². The lowest BCUT2D eigenvalue weighted by atomic mass is 10.0. The van der Waals surface area contributed by atoms with Crippen LogP contribution in [-0.4, -0.2) is 24.7 Å². The average Bonchev–Trinajstić information content (AvgIpc) is 3.01. The first-order valence-corrected chi connectivity index (χ1v) is 7.72. The molecule has 0 spiro atoms. The first-order valence-electron chi connectivity index (χ1n) is 7.34. The molecule has 0 atom stereocenters. The number of carbonyl (C=O) groups is 1. The van der Waals surface area contributed by atoms with Crippen LogP contribution in [0, 0.1) is 0 Å². The second kappa shape index (κ2) is 6.75. The van der Waals surface area contributed by atoms with E-state index in [1.165, 1.54) is 0 Å². The molecule has 0 radical (unpaired) electrons. The van der Waals surface area contributed by atoms with Crippen molar-refractivity contribution >= 4 is 23.2 Å². The molecule has 1 N–H and O–H groups in total. The summed E-state index contributed by atoms with van der Waals surface area (Å²) in [6, 6.07) is 15.5. The SMILES string of the molecule is O=C(Cc1cccc(Cl)c1)Cc1cccc(C2=NCCN2)c1. The molecule has 0 amide bonds. The van der Waals surface area contributed by atoms with Gasteiger partial charge >= 0.3 is 0 Å². The molecule has 0 unspecified atom stereocenters. The number of rotatable bonds is 5. The fourth-order valence-electron chi connectivity index (χ4n) is 2.58. The summed E-state index contributed by atoms with van der Waals surface area (Å²) in [5.41, 5.74) is 3.02. The zero-order chi connectivity index (χ0) is 15.4. The van der Waals surface area contributed by atoms with Gasteiger partial charge in [0, 0.05) is 30.0 Å². The predicted molar refractivity (Wildman–Crippen MR) is 89.7 cm³/mol. The number of ketones is 1. The van der Waals surface area contributed by atoms with Crippen molar-refractivity contribution in [3.63, 3.8) is 0 Å². The van der Waals surface area contributed by atoms with Crippen molar-refractivity contribution in [2.45, 2.75) is 12.8 Å².